The fourth-order valence-electron chi connectivity index (χ4n) is 2.55. The Balaban J connectivity index is 2.30. The Kier molecular flexibility index (Phi) is 4.67. The van der Waals surface area contributed by atoms with Crippen molar-refractivity contribution in [3.05, 3.63) is 59.2 Å². The zero-order chi connectivity index (χ0) is 14.5. The lowest BCUT2D eigenvalue weighted by atomic mass is 10.0. The van der Waals surface area contributed by atoms with Gasteiger partial charge in [0, 0.05) is 11.3 Å². The molecule has 0 saturated carbocycles. The van der Waals surface area contributed by atoms with Gasteiger partial charge < -0.3 is 10.1 Å². The standard InChI is InChI=1S/C18H23NO/c1-5-15-10-8-9-13(2)18(15)19-14(3)16-11-6-7-12-17(16)20-4/h6-12,14,19H,5H2,1-4H3. The first kappa shape index (κ1) is 14.4. The molecule has 0 bridgehead atoms. The lowest BCUT2D eigenvalue weighted by Gasteiger charge is -2.21. The average molecular weight is 269 g/mol. The number of anilines is 1. The van der Waals surface area contributed by atoms with E-state index in [1.54, 1.807) is 7.11 Å². The number of hydrogen-bond acceptors (Lipinski definition) is 2. The highest BCUT2D eigenvalue weighted by molar-refractivity contribution is 5.59. The zero-order valence-electron chi connectivity index (χ0n) is 12.7. The van der Waals surface area contributed by atoms with E-state index in [1.165, 1.54) is 22.4 Å². The number of hydrogen-bond donors (Lipinski definition) is 1. The summed E-state index contributed by atoms with van der Waals surface area (Å²) in [6, 6.07) is 14.8. The predicted octanol–water partition coefficient (Wildman–Crippen LogP) is 4.74. The molecule has 0 aromatic heterocycles. The SMILES string of the molecule is CCc1cccc(C)c1NC(C)c1ccccc1OC. The molecule has 2 rings (SSSR count). The van der Waals surface area contributed by atoms with E-state index in [-0.39, 0.29) is 6.04 Å². The van der Waals surface area contributed by atoms with E-state index >= 15 is 0 Å². The van der Waals surface area contributed by atoms with Crippen LogP contribution < -0.4 is 10.1 Å². The Hall–Kier alpha value is -1.96. The van der Waals surface area contributed by atoms with Crippen LogP contribution in [-0.4, -0.2) is 7.11 Å². The highest BCUT2D eigenvalue weighted by atomic mass is 16.5. The van der Waals surface area contributed by atoms with Crippen LogP contribution in [-0.2, 0) is 6.42 Å². The lowest BCUT2D eigenvalue weighted by molar-refractivity contribution is 0.408. The summed E-state index contributed by atoms with van der Waals surface area (Å²) in [6.07, 6.45) is 1.03. The van der Waals surface area contributed by atoms with Gasteiger partial charge >= 0.3 is 0 Å². The molecule has 2 heteroatoms. The molecular weight excluding hydrogens is 246 g/mol. The third-order valence-electron chi connectivity index (χ3n) is 3.71. The summed E-state index contributed by atoms with van der Waals surface area (Å²) >= 11 is 0. The molecular formula is C18H23NO. The largest absolute Gasteiger partial charge is 0.496 e. The van der Waals surface area contributed by atoms with Crippen LogP contribution in [0.2, 0.25) is 0 Å². The number of methoxy groups -OCH3 is 1. The molecule has 0 fully saturated rings. The van der Waals surface area contributed by atoms with E-state index in [0.717, 1.165) is 12.2 Å². The summed E-state index contributed by atoms with van der Waals surface area (Å²) in [6.45, 7) is 6.51. The Morgan fingerprint density at radius 2 is 1.85 bits per heavy atom. The predicted molar refractivity (Wildman–Crippen MR) is 85.6 cm³/mol. The van der Waals surface area contributed by atoms with Crippen molar-refractivity contribution in [2.75, 3.05) is 12.4 Å². The summed E-state index contributed by atoms with van der Waals surface area (Å²) in [5.41, 5.74) is 5.06. The van der Waals surface area contributed by atoms with E-state index in [2.05, 4.69) is 56.4 Å². The quantitative estimate of drug-likeness (QED) is 0.846. The molecule has 1 unspecified atom stereocenters. The molecule has 2 nitrogen and oxygen atoms in total. The van der Waals surface area contributed by atoms with Crippen molar-refractivity contribution < 1.29 is 4.74 Å². The van der Waals surface area contributed by atoms with Gasteiger partial charge in [-0.15, -0.1) is 0 Å². The van der Waals surface area contributed by atoms with Crippen molar-refractivity contribution >= 4 is 5.69 Å². The number of aryl methyl sites for hydroxylation is 2. The normalized spacial score (nSPS) is 12.0. The minimum absolute atomic E-state index is 0.206. The number of benzene rings is 2. The van der Waals surface area contributed by atoms with Gasteiger partial charge in [-0.2, -0.15) is 0 Å². The third kappa shape index (κ3) is 2.96. The first-order chi connectivity index (χ1) is 9.67. The number of para-hydroxylation sites is 2. The van der Waals surface area contributed by atoms with Crippen LogP contribution in [0, 0.1) is 6.92 Å². The maximum absolute atomic E-state index is 5.45. The Labute approximate surface area is 121 Å². The first-order valence-electron chi connectivity index (χ1n) is 7.15. The molecule has 106 valence electrons. The first-order valence-corrected chi connectivity index (χ1v) is 7.15. The fourth-order valence-corrected chi connectivity index (χ4v) is 2.55. The van der Waals surface area contributed by atoms with Gasteiger partial charge in [0.1, 0.15) is 5.75 Å². The van der Waals surface area contributed by atoms with E-state index in [1.807, 2.05) is 12.1 Å². The molecule has 2 aromatic rings. The van der Waals surface area contributed by atoms with E-state index in [0.29, 0.717) is 0 Å². The van der Waals surface area contributed by atoms with Gasteiger partial charge in [-0.3, -0.25) is 0 Å². The second-order valence-corrected chi connectivity index (χ2v) is 5.07. The molecule has 1 N–H and O–H groups in total. The van der Waals surface area contributed by atoms with Gasteiger partial charge in [0.15, 0.2) is 0 Å². The minimum Gasteiger partial charge on any atom is -0.496 e. The maximum atomic E-state index is 5.45. The Morgan fingerprint density at radius 3 is 2.55 bits per heavy atom. The molecule has 0 heterocycles. The molecule has 0 aliphatic rings. The molecule has 0 aliphatic heterocycles. The molecule has 0 radical (unpaired) electrons. The zero-order valence-corrected chi connectivity index (χ0v) is 12.7. The van der Waals surface area contributed by atoms with Gasteiger partial charge in [-0.25, -0.2) is 0 Å². The minimum atomic E-state index is 0.206. The fraction of sp³-hybridized carbons (Fsp3) is 0.333. The number of rotatable bonds is 5. The van der Waals surface area contributed by atoms with Crippen LogP contribution in [0.25, 0.3) is 0 Å². The van der Waals surface area contributed by atoms with Crippen LogP contribution in [0.15, 0.2) is 42.5 Å². The van der Waals surface area contributed by atoms with E-state index in [4.69, 9.17) is 4.74 Å². The molecule has 0 amide bonds. The van der Waals surface area contributed by atoms with Crippen LogP contribution in [0.4, 0.5) is 5.69 Å². The molecule has 0 saturated heterocycles. The Bertz CT molecular complexity index is 577. The van der Waals surface area contributed by atoms with Crippen LogP contribution in [0.3, 0.4) is 0 Å². The van der Waals surface area contributed by atoms with Gasteiger partial charge in [0.2, 0.25) is 0 Å². The van der Waals surface area contributed by atoms with Crippen molar-refractivity contribution in [2.24, 2.45) is 0 Å². The van der Waals surface area contributed by atoms with Crippen molar-refractivity contribution in [3.63, 3.8) is 0 Å². The average Bonchev–Trinajstić information content (AvgIpc) is 2.49. The smallest absolute Gasteiger partial charge is 0.124 e. The van der Waals surface area contributed by atoms with Crippen LogP contribution >= 0.6 is 0 Å². The van der Waals surface area contributed by atoms with Crippen molar-refractivity contribution in [2.45, 2.75) is 33.2 Å². The molecule has 1 atom stereocenters. The third-order valence-corrected chi connectivity index (χ3v) is 3.71. The summed E-state index contributed by atoms with van der Waals surface area (Å²) in [7, 11) is 1.72. The molecule has 0 aliphatic carbocycles. The van der Waals surface area contributed by atoms with Crippen LogP contribution in [0.5, 0.6) is 5.75 Å². The van der Waals surface area contributed by atoms with Gasteiger partial charge in [-0.05, 0) is 37.5 Å². The van der Waals surface area contributed by atoms with Gasteiger partial charge in [-0.1, -0.05) is 43.3 Å². The van der Waals surface area contributed by atoms with Gasteiger partial charge in [0.25, 0.3) is 0 Å². The topological polar surface area (TPSA) is 21.3 Å². The van der Waals surface area contributed by atoms with Crippen molar-refractivity contribution in [1.29, 1.82) is 0 Å². The summed E-state index contributed by atoms with van der Waals surface area (Å²) in [4.78, 5) is 0. The van der Waals surface area contributed by atoms with E-state index < -0.39 is 0 Å². The highest BCUT2D eigenvalue weighted by Gasteiger charge is 2.13. The number of ether oxygens (including phenoxy) is 1. The summed E-state index contributed by atoms with van der Waals surface area (Å²) in [5, 5.41) is 3.64. The molecule has 2 aromatic carbocycles. The number of nitrogens with one attached hydrogen (secondary N) is 1. The lowest BCUT2D eigenvalue weighted by Crippen LogP contribution is -2.10. The van der Waals surface area contributed by atoms with Crippen molar-refractivity contribution in [3.8, 4) is 5.75 Å². The second kappa shape index (κ2) is 6.47. The molecule has 20 heavy (non-hydrogen) atoms. The van der Waals surface area contributed by atoms with Crippen LogP contribution in [0.1, 0.15) is 36.6 Å². The summed E-state index contributed by atoms with van der Waals surface area (Å²) < 4.78 is 5.45. The maximum Gasteiger partial charge on any atom is 0.124 e. The monoisotopic (exact) mass is 269 g/mol. The van der Waals surface area contributed by atoms with Crippen molar-refractivity contribution in [1.82, 2.24) is 0 Å². The van der Waals surface area contributed by atoms with Gasteiger partial charge in [0.05, 0.1) is 13.2 Å². The van der Waals surface area contributed by atoms with E-state index in [9.17, 15) is 0 Å². The Morgan fingerprint density at radius 1 is 1.10 bits per heavy atom. The second-order valence-electron chi connectivity index (χ2n) is 5.07. The highest BCUT2D eigenvalue weighted by Crippen LogP contribution is 2.30. The summed E-state index contributed by atoms with van der Waals surface area (Å²) in [5.74, 6) is 0.930. The molecule has 0 spiro atoms.